The van der Waals surface area contributed by atoms with Crippen LogP contribution in [0.1, 0.15) is 32.8 Å². The lowest BCUT2D eigenvalue weighted by molar-refractivity contribution is 0.0904. The molecule has 1 N–H and O–H groups in total. The Morgan fingerprint density at radius 1 is 1.27 bits per heavy atom. The van der Waals surface area contributed by atoms with Gasteiger partial charge < -0.3 is 19.7 Å². The van der Waals surface area contributed by atoms with E-state index in [9.17, 15) is 8.42 Å². The summed E-state index contributed by atoms with van der Waals surface area (Å²) in [7, 11) is -1.58. The molecule has 0 atom stereocenters. The molecular formula is C20H35N5O4S. The maximum absolute atomic E-state index is 12.5. The third-order valence-electron chi connectivity index (χ3n) is 4.67. The van der Waals surface area contributed by atoms with Crippen LogP contribution in [0.3, 0.4) is 0 Å². The molecule has 2 heterocycles. The van der Waals surface area contributed by atoms with Crippen LogP contribution >= 0.6 is 0 Å². The summed E-state index contributed by atoms with van der Waals surface area (Å²) < 4.78 is 37.7. The molecule has 1 aromatic rings. The van der Waals surface area contributed by atoms with Crippen LogP contribution in [0.2, 0.25) is 0 Å². The zero-order valence-corrected chi connectivity index (χ0v) is 19.3. The van der Waals surface area contributed by atoms with Gasteiger partial charge in [0.1, 0.15) is 0 Å². The second-order valence-electron chi connectivity index (χ2n) is 7.34. The number of hydrogen-bond donors (Lipinski definition) is 1. The summed E-state index contributed by atoms with van der Waals surface area (Å²) in [5.74, 6) is 1.38. The van der Waals surface area contributed by atoms with Crippen molar-refractivity contribution in [3.63, 3.8) is 0 Å². The normalized spacial score (nSPS) is 16.2. The van der Waals surface area contributed by atoms with Gasteiger partial charge in [-0.1, -0.05) is 13.0 Å². The molecule has 170 valence electrons. The first kappa shape index (κ1) is 24.4. The van der Waals surface area contributed by atoms with Gasteiger partial charge in [0.05, 0.1) is 25.1 Å². The SMILES string of the molecule is CCCOc1ncccc1CNC(=NC)N1CCN(S(=O)(=O)CCOC(C)C)CC1. The minimum Gasteiger partial charge on any atom is -0.477 e. The first-order valence-electron chi connectivity index (χ1n) is 10.5. The van der Waals surface area contributed by atoms with Crippen molar-refractivity contribution in [2.45, 2.75) is 39.8 Å². The molecule has 9 nitrogen and oxygen atoms in total. The molecule has 0 aliphatic carbocycles. The van der Waals surface area contributed by atoms with Crippen molar-refractivity contribution in [3.05, 3.63) is 23.9 Å². The number of rotatable bonds is 10. The fourth-order valence-electron chi connectivity index (χ4n) is 3.09. The molecule has 0 saturated carbocycles. The number of piperazine rings is 1. The molecular weight excluding hydrogens is 406 g/mol. The third kappa shape index (κ3) is 7.41. The second-order valence-corrected chi connectivity index (χ2v) is 9.43. The van der Waals surface area contributed by atoms with Gasteiger partial charge in [0.2, 0.25) is 15.9 Å². The lowest BCUT2D eigenvalue weighted by Gasteiger charge is -2.35. The van der Waals surface area contributed by atoms with Gasteiger partial charge in [0.15, 0.2) is 5.96 Å². The molecule has 1 aliphatic heterocycles. The molecule has 0 aromatic carbocycles. The van der Waals surface area contributed by atoms with Crippen molar-refractivity contribution in [2.75, 3.05) is 52.2 Å². The summed E-state index contributed by atoms with van der Waals surface area (Å²) in [6.45, 7) is 9.25. The predicted octanol–water partition coefficient (Wildman–Crippen LogP) is 1.32. The number of nitrogens with zero attached hydrogens (tertiary/aromatic N) is 4. The van der Waals surface area contributed by atoms with Gasteiger partial charge in [-0.3, -0.25) is 4.99 Å². The van der Waals surface area contributed by atoms with Gasteiger partial charge in [0, 0.05) is 51.5 Å². The zero-order valence-electron chi connectivity index (χ0n) is 18.5. The Hall–Kier alpha value is -1.91. The van der Waals surface area contributed by atoms with E-state index in [-0.39, 0.29) is 18.5 Å². The molecule has 0 spiro atoms. The number of sulfonamides is 1. The number of nitrogens with one attached hydrogen (secondary N) is 1. The van der Waals surface area contributed by atoms with E-state index in [2.05, 4.69) is 27.1 Å². The van der Waals surface area contributed by atoms with Crippen LogP contribution in [-0.4, -0.2) is 86.9 Å². The largest absolute Gasteiger partial charge is 0.477 e. The van der Waals surface area contributed by atoms with Crippen LogP contribution in [0.15, 0.2) is 23.3 Å². The number of aliphatic imine (C=N–C) groups is 1. The molecule has 1 fully saturated rings. The molecule has 1 saturated heterocycles. The fraction of sp³-hybridized carbons (Fsp3) is 0.700. The first-order valence-corrected chi connectivity index (χ1v) is 12.1. The quantitative estimate of drug-likeness (QED) is 0.432. The summed E-state index contributed by atoms with van der Waals surface area (Å²) >= 11 is 0. The maximum atomic E-state index is 12.5. The molecule has 1 aliphatic rings. The van der Waals surface area contributed by atoms with Crippen LogP contribution in [0.25, 0.3) is 0 Å². The van der Waals surface area contributed by atoms with Crippen molar-refractivity contribution in [2.24, 2.45) is 4.99 Å². The van der Waals surface area contributed by atoms with E-state index in [1.54, 1.807) is 13.2 Å². The average molecular weight is 442 g/mol. The van der Waals surface area contributed by atoms with Gasteiger partial charge in [0.25, 0.3) is 0 Å². The van der Waals surface area contributed by atoms with E-state index in [1.807, 2.05) is 26.0 Å². The number of pyridine rings is 1. The van der Waals surface area contributed by atoms with Crippen molar-refractivity contribution in [1.82, 2.24) is 19.5 Å². The van der Waals surface area contributed by atoms with Gasteiger partial charge in [-0.2, -0.15) is 4.31 Å². The lowest BCUT2D eigenvalue weighted by Crippen LogP contribution is -2.54. The first-order chi connectivity index (χ1) is 14.4. The minimum absolute atomic E-state index is 0.0136. The van der Waals surface area contributed by atoms with E-state index < -0.39 is 10.0 Å². The predicted molar refractivity (Wildman–Crippen MR) is 118 cm³/mol. The Morgan fingerprint density at radius 2 is 2.00 bits per heavy atom. The Kier molecular flexibility index (Phi) is 9.80. The molecule has 0 radical (unpaired) electrons. The number of aromatic nitrogens is 1. The molecule has 30 heavy (non-hydrogen) atoms. The highest BCUT2D eigenvalue weighted by Crippen LogP contribution is 2.15. The summed E-state index contributed by atoms with van der Waals surface area (Å²) in [6, 6.07) is 3.85. The Morgan fingerprint density at radius 3 is 2.63 bits per heavy atom. The molecule has 1 aromatic heterocycles. The highest BCUT2D eigenvalue weighted by atomic mass is 32.2. The van der Waals surface area contributed by atoms with E-state index in [1.165, 1.54) is 4.31 Å². The van der Waals surface area contributed by atoms with Gasteiger partial charge in [-0.05, 0) is 26.3 Å². The monoisotopic (exact) mass is 441 g/mol. The fourth-order valence-corrected chi connectivity index (χ4v) is 4.37. The van der Waals surface area contributed by atoms with Gasteiger partial charge in [-0.25, -0.2) is 13.4 Å². The van der Waals surface area contributed by atoms with Gasteiger partial charge >= 0.3 is 0 Å². The molecule has 0 amide bonds. The minimum atomic E-state index is -3.31. The van der Waals surface area contributed by atoms with Crippen LogP contribution in [0, 0.1) is 0 Å². The van der Waals surface area contributed by atoms with E-state index in [0.717, 1.165) is 17.9 Å². The number of guanidine groups is 1. The molecule has 0 unspecified atom stereocenters. The maximum Gasteiger partial charge on any atom is 0.218 e. The van der Waals surface area contributed by atoms with Crippen LogP contribution < -0.4 is 10.1 Å². The van der Waals surface area contributed by atoms with Crippen molar-refractivity contribution < 1.29 is 17.9 Å². The Bertz CT molecular complexity index is 777. The van der Waals surface area contributed by atoms with E-state index in [4.69, 9.17) is 9.47 Å². The van der Waals surface area contributed by atoms with Crippen molar-refractivity contribution >= 4 is 16.0 Å². The van der Waals surface area contributed by atoms with Crippen LogP contribution in [0.4, 0.5) is 0 Å². The summed E-state index contributed by atoms with van der Waals surface area (Å²) in [5, 5.41) is 3.34. The van der Waals surface area contributed by atoms with E-state index >= 15 is 0 Å². The zero-order chi connectivity index (χ0) is 22.0. The van der Waals surface area contributed by atoms with Crippen LogP contribution in [0.5, 0.6) is 5.88 Å². The summed E-state index contributed by atoms with van der Waals surface area (Å²) in [4.78, 5) is 10.7. The highest BCUT2D eigenvalue weighted by Gasteiger charge is 2.28. The molecule has 0 bridgehead atoms. The average Bonchev–Trinajstić information content (AvgIpc) is 2.73. The standard InChI is InChI=1S/C20H35N5O4S/c1-5-13-29-19-18(7-6-8-22-19)16-23-20(21-4)24-9-11-25(12-10-24)30(26,27)15-14-28-17(2)3/h6-8,17H,5,9-16H2,1-4H3,(H,21,23). The topological polar surface area (TPSA) is 96.4 Å². The van der Waals surface area contributed by atoms with Gasteiger partial charge in [-0.15, -0.1) is 0 Å². The molecule has 10 heteroatoms. The smallest absolute Gasteiger partial charge is 0.218 e. The third-order valence-corrected chi connectivity index (χ3v) is 6.50. The summed E-state index contributed by atoms with van der Waals surface area (Å²) in [6.07, 6.45) is 2.66. The lowest BCUT2D eigenvalue weighted by atomic mass is 10.2. The number of hydrogen-bond acceptors (Lipinski definition) is 6. The Balaban J connectivity index is 1.87. The highest BCUT2D eigenvalue weighted by molar-refractivity contribution is 7.89. The van der Waals surface area contributed by atoms with Crippen molar-refractivity contribution in [1.29, 1.82) is 0 Å². The van der Waals surface area contributed by atoms with Crippen molar-refractivity contribution in [3.8, 4) is 5.88 Å². The van der Waals surface area contributed by atoms with E-state index in [0.29, 0.717) is 45.2 Å². The number of ether oxygens (including phenoxy) is 2. The second kappa shape index (κ2) is 12.1. The molecule has 2 rings (SSSR count). The van der Waals surface area contributed by atoms with Crippen LogP contribution in [-0.2, 0) is 21.3 Å². The summed E-state index contributed by atoms with van der Waals surface area (Å²) in [5.41, 5.74) is 0.957. The Labute approximate surface area is 180 Å².